The molecule has 0 bridgehead atoms. The van der Waals surface area contributed by atoms with Gasteiger partial charge in [-0.1, -0.05) is 29.8 Å². The number of fused-ring (bicyclic) bond motifs is 1. The largest absolute Gasteiger partial charge is 0.496 e. The number of nitrogens with one attached hydrogen (secondary N) is 2. The topological polar surface area (TPSA) is 49.9 Å². The summed E-state index contributed by atoms with van der Waals surface area (Å²) in [6, 6.07) is 11.6. The summed E-state index contributed by atoms with van der Waals surface area (Å²) < 4.78 is 5.34. The van der Waals surface area contributed by atoms with Crippen LogP contribution in [0.15, 0.2) is 42.6 Å². The van der Waals surface area contributed by atoms with E-state index in [4.69, 9.17) is 16.3 Å². The van der Waals surface area contributed by atoms with Crippen LogP contribution in [0.4, 0.5) is 5.69 Å². The van der Waals surface area contributed by atoms with Gasteiger partial charge in [0.2, 0.25) is 0 Å². The smallest absolute Gasteiger partial charge is 0.125 e. The standard InChI is InChI=1S/C15H14ClN3O/c1-20-14-7-3-5-12(16)11(14)9-17-13-6-2-4-10-8-18-19-15(10)13/h2-8,17H,9H2,1H3,(H,18,19). The van der Waals surface area contributed by atoms with E-state index in [0.717, 1.165) is 27.9 Å². The van der Waals surface area contributed by atoms with E-state index < -0.39 is 0 Å². The van der Waals surface area contributed by atoms with E-state index in [1.807, 2.05) is 36.4 Å². The van der Waals surface area contributed by atoms with Crippen molar-refractivity contribution in [2.24, 2.45) is 0 Å². The van der Waals surface area contributed by atoms with Crippen molar-refractivity contribution in [1.29, 1.82) is 0 Å². The number of rotatable bonds is 4. The Hall–Kier alpha value is -2.20. The number of para-hydroxylation sites is 1. The van der Waals surface area contributed by atoms with Crippen molar-refractivity contribution in [2.75, 3.05) is 12.4 Å². The Morgan fingerprint density at radius 3 is 2.95 bits per heavy atom. The molecule has 1 heterocycles. The number of halogens is 1. The van der Waals surface area contributed by atoms with Crippen LogP contribution < -0.4 is 10.1 Å². The molecule has 3 aromatic rings. The zero-order valence-corrected chi connectivity index (χ0v) is 11.7. The first-order valence-electron chi connectivity index (χ1n) is 6.27. The maximum absolute atomic E-state index is 6.23. The van der Waals surface area contributed by atoms with Crippen LogP contribution >= 0.6 is 11.6 Å². The molecule has 102 valence electrons. The minimum Gasteiger partial charge on any atom is -0.496 e. The molecular weight excluding hydrogens is 274 g/mol. The van der Waals surface area contributed by atoms with Crippen molar-refractivity contribution >= 4 is 28.2 Å². The van der Waals surface area contributed by atoms with Gasteiger partial charge in [0.1, 0.15) is 5.75 Å². The van der Waals surface area contributed by atoms with Gasteiger partial charge < -0.3 is 10.1 Å². The zero-order valence-electron chi connectivity index (χ0n) is 11.0. The first-order valence-corrected chi connectivity index (χ1v) is 6.64. The molecule has 20 heavy (non-hydrogen) atoms. The lowest BCUT2D eigenvalue weighted by Crippen LogP contribution is -2.03. The Kier molecular flexibility index (Phi) is 3.48. The Labute approximate surface area is 121 Å². The minimum absolute atomic E-state index is 0.584. The van der Waals surface area contributed by atoms with E-state index in [-0.39, 0.29) is 0 Å². The molecule has 1 aromatic heterocycles. The molecule has 5 heteroatoms. The molecule has 0 radical (unpaired) electrons. The van der Waals surface area contributed by atoms with E-state index in [1.54, 1.807) is 13.3 Å². The molecular formula is C15H14ClN3O. The summed E-state index contributed by atoms with van der Waals surface area (Å²) in [6.45, 7) is 0.584. The third kappa shape index (κ3) is 2.30. The number of nitrogens with zero attached hydrogens (tertiary/aromatic N) is 1. The summed E-state index contributed by atoms with van der Waals surface area (Å²) in [4.78, 5) is 0. The highest BCUT2D eigenvalue weighted by Crippen LogP contribution is 2.28. The van der Waals surface area contributed by atoms with Crippen molar-refractivity contribution in [3.8, 4) is 5.75 Å². The van der Waals surface area contributed by atoms with Gasteiger partial charge in [-0.3, -0.25) is 5.10 Å². The first kappa shape index (κ1) is 12.8. The third-order valence-electron chi connectivity index (χ3n) is 3.23. The summed E-state index contributed by atoms with van der Waals surface area (Å²) in [5.41, 5.74) is 2.91. The van der Waals surface area contributed by atoms with E-state index >= 15 is 0 Å². The number of aromatic nitrogens is 2. The molecule has 0 fully saturated rings. The lowest BCUT2D eigenvalue weighted by atomic mass is 10.2. The summed E-state index contributed by atoms with van der Waals surface area (Å²) in [6.07, 6.45) is 1.80. The molecule has 0 amide bonds. The molecule has 0 saturated carbocycles. The van der Waals surface area contributed by atoms with Gasteiger partial charge in [0.25, 0.3) is 0 Å². The summed E-state index contributed by atoms with van der Waals surface area (Å²) in [7, 11) is 1.64. The molecule has 0 aliphatic carbocycles. The van der Waals surface area contributed by atoms with E-state index in [9.17, 15) is 0 Å². The summed E-state index contributed by atoms with van der Waals surface area (Å²) in [5.74, 6) is 0.779. The van der Waals surface area contributed by atoms with Crippen LogP contribution in [0.25, 0.3) is 10.9 Å². The first-order chi connectivity index (χ1) is 9.79. The highest BCUT2D eigenvalue weighted by atomic mass is 35.5. The van der Waals surface area contributed by atoms with Crippen molar-refractivity contribution in [2.45, 2.75) is 6.54 Å². The molecule has 0 unspecified atom stereocenters. The van der Waals surface area contributed by atoms with Crippen molar-refractivity contribution in [3.63, 3.8) is 0 Å². The van der Waals surface area contributed by atoms with Gasteiger partial charge in [-0.05, 0) is 18.2 Å². The second-order valence-electron chi connectivity index (χ2n) is 4.41. The minimum atomic E-state index is 0.584. The Morgan fingerprint density at radius 2 is 2.10 bits per heavy atom. The average molecular weight is 288 g/mol. The molecule has 3 rings (SSSR count). The van der Waals surface area contributed by atoms with Crippen LogP contribution in [0.2, 0.25) is 5.02 Å². The molecule has 0 atom stereocenters. The van der Waals surface area contributed by atoms with Gasteiger partial charge in [-0.25, -0.2) is 0 Å². The highest BCUT2D eigenvalue weighted by Gasteiger charge is 2.08. The van der Waals surface area contributed by atoms with Gasteiger partial charge >= 0.3 is 0 Å². The molecule has 4 nitrogen and oxygen atoms in total. The highest BCUT2D eigenvalue weighted by molar-refractivity contribution is 6.31. The molecule has 0 spiro atoms. The predicted molar refractivity (Wildman–Crippen MR) is 81.4 cm³/mol. The van der Waals surface area contributed by atoms with Crippen LogP contribution in [-0.4, -0.2) is 17.3 Å². The molecule has 0 aliphatic heterocycles. The van der Waals surface area contributed by atoms with Crippen LogP contribution in [0.5, 0.6) is 5.75 Å². The van der Waals surface area contributed by atoms with Crippen LogP contribution in [0.3, 0.4) is 0 Å². The Balaban J connectivity index is 1.88. The molecule has 2 aromatic carbocycles. The summed E-state index contributed by atoms with van der Waals surface area (Å²) in [5, 5.41) is 12.2. The zero-order chi connectivity index (χ0) is 13.9. The fraction of sp³-hybridized carbons (Fsp3) is 0.133. The molecule has 2 N–H and O–H groups in total. The quantitative estimate of drug-likeness (QED) is 0.766. The second kappa shape index (κ2) is 5.43. The van der Waals surface area contributed by atoms with Gasteiger partial charge in [0.05, 0.1) is 24.5 Å². The number of hydrogen-bond donors (Lipinski definition) is 2. The van der Waals surface area contributed by atoms with Gasteiger partial charge in [0.15, 0.2) is 0 Å². The van der Waals surface area contributed by atoms with E-state index in [0.29, 0.717) is 11.6 Å². The maximum atomic E-state index is 6.23. The van der Waals surface area contributed by atoms with Crippen LogP contribution in [0.1, 0.15) is 5.56 Å². The normalized spacial score (nSPS) is 10.7. The number of anilines is 1. The number of H-pyrrole nitrogens is 1. The van der Waals surface area contributed by atoms with Crippen LogP contribution in [0, 0.1) is 0 Å². The fourth-order valence-electron chi connectivity index (χ4n) is 2.20. The second-order valence-corrected chi connectivity index (χ2v) is 4.82. The molecule has 0 aliphatic rings. The molecule has 0 saturated heterocycles. The van der Waals surface area contributed by atoms with E-state index in [2.05, 4.69) is 15.5 Å². The SMILES string of the molecule is COc1cccc(Cl)c1CNc1cccc2cn[nH]c12. The number of benzene rings is 2. The lowest BCUT2D eigenvalue weighted by Gasteiger charge is -2.12. The predicted octanol–water partition coefficient (Wildman–Crippen LogP) is 3.84. The number of hydrogen-bond acceptors (Lipinski definition) is 3. The number of methoxy groups -OCH3 is 1. The number of aromatic amines is 1. The summed E-state index contributed by atoms with van der Waals surface area (Å²) >= 11 is 6.23. The number of ether oxygens (including phenoxy) is 1. The van der Waals surface area contributed by atoms with Crippen molar-refractivity contribution in [3.05, 3.63) is 53.2 Å². The maximum Gasteiger partial charge on any atom is 0.125 e. The monoisotopic (exact) mass is 287 g/mol. The van der Waals surface area contributed by atoms with E-state index in [1.165, 1.54) is 0 Å². The average Bonchev–Trinajstić information content (AvgIpc) is 2.94. The Morgan fingerprint density at radius 1 is 1.25 bits per heavy atom. The fourth-order valence-corrected chi connectivity index (χ4v) is 2.43. The van der Waals surface area contributed by atoms with Crippen LogP contribution in [-0.2, 0) is 6.54 Å². The van der Waals surface area contributed by atoms with Gasteiger partial charge in [-0.15, -0.1) is 0 Å². The third-order valence-corrected chi connectivity index (χ3v) is 3.58. The van der Waals surface area contributed by atoms with Crippen molar-refractivity contribution < 1.29 is 4.74 Å². The van der Waals surface area contributed by atoms with Gasteiger partial charge in [-0.2, -0.15) is 5.10 Å². The Bertz CT molecular complexity index is 739. The van der Waals surface area contributed by atoms with Crippen molar-refractivity contribution in [1.82, 2.24) is 10.2 Å². The van der Waals surface area contributed by atoms with Gasteiger partial charge in [0, 0.05) is 22.5 Å². The lowest BCUT2D eigenvalue weighted by molar-refractivity contribution is 0.410.